The third kappa shape index (κ3) is 3.96. The van der Waals surface area contributed by atoms with E-state index in [0.717, 1.165) is 12.8 Å². The van der Waals surface area contributed by atoms with E-state index in [9.17, 15) is 4.79 Å². The van der Waals surface area contributed by atoms with E-state index < -0.39 is 18.4 Å². The monoisotopic (exact) mass is 368 g/mol. The molecule has 0 aromatic rings. The van der Waals surface area contributed by atoms with Crippen molar-refractivity contribution in [1.29, 1.82) is 0 Å². The number of allylic oxidation sites excluding steroid dienone is 4. The number of rotatable bonds is 3. The first-order chi connectivity index (χ1) is 8.88. The van der Waals surface area contributed by atoms with E-state index in [1.807, 2.05) is 9.67 Å². The quantitative estimate of drug-likeness (QED) is 0.638. The van der Waals surface area contributed by atoms with Gasteiger partial charge in [-0.1, -0.05) is 0 Å². The molecule has 0 spiro atoms. The molecule has 0 saturated heterocycles. The Labute approximate surface area is 122 Å². The Hall–Kier alpha value is -0.0513. The normalized spacial score (nSPS) is 25.6. The third-order valence-electron chi connectivity index (χ3n) is 4.75. The fourth-order valence-electron chi connectivity index (χ4n) is 3.65. The van der Waals surface area contributed by atoms with Crippen LogP contribution < -0.4 is 0 Å². The Morgan fingerprint density at radius 1 is 1.16 bits per heavy atom. The summed E-state index contributed by atoms with van der Waals surface area (Å²) >= 11 is -1.90. The van der Waals surface area contributed by atoms with Crippen LogP contribution in [0.5, 0.6) is 0 Å². The van der Waals surface area contributed by atoms with Crippen molar-refractivity contribution in [1.82, 2.24) is 0 Å². The number of hydrogen-bond acceptors (Lipinski definition) is 1. The van der Waals surface area contributed by atoms with E-state index in [0.29, 0.717) is 11.7 Å². The Morgan fingerprint density at radius 3 is 2.47 bits per heavy atom. The summed E-state index contributed by atoms with van der Waals surface area (Å²) in [5, 5.41) is 0. The van der Waals surface area contributed by atoms with Gasteiger partial charge in [0.25, 0.3) is 0 Å². The molecule has 0 N–H and O–H groups in total. The summed E-state index contributed by atoms with van der Waals surface area (Å²) < 4.78 is 1.91. The van der Waals surface area contributed by atoms with Crippen molar-refractivity contribution < 1.29 is 4.79 Å². The average Bonchev–Trinajstić information content (AvgIpc) is 2.32. The molecule has 0 radical (unpaired) electrons. The van der Waals surface area contributed by atoms with Crippen molar-refractivity contribution in [2.75, 3.05) is 0 Å². The van der Waals surface area contributed by atoms with Gasteiger partial charge in [-0.05, 0) is 0 Å². The minimum atomic E-state index is -1.90. The molecular formula is C17H28OSn. The fraction of sp³-hybridized carbons (Fsp3) is 0.706. The van der Waals surface area contributed by atoms with Crippen LogP contribution in [0.25, 0.3) is 0 Å². The van der Waals surface area contributed by atoms with E-state index in [2.05, 4.69) is 21.7 Å². The Kier molecular flexibility index (Phi) is 4.97. The van der Waals surface area contributed by atoms with Gasteiger partial charge in [-0.15, -0.1) is 0 Å². The van der Waals surface area contributed by atoms with Gasteiger partial charge in [-0.3, -0.25) is 0 Å². The van der Waals surface area contributed by atoms with Crippen molar-refractivity contribution in [3.05, 3.63) is 20.8 Å². The van der Waals surface area contributed by atoms with E-state index in [-0.39, 0.29) is 0 Å². The van der Waals surface area contributed by atoms with Gasteiger partial charge >= 0.3 is 122 Å². The van der Waals surface area contributed by atoms with Crippen LogP contribution in [0.3, 0.4) is 0 Å². The molecule has 0 fully saturated rings. The SMILES string of the molecule is CC1=CC(=O)CCC1CC1=[C]([Sn]([CH3])([CH3])[CH3])CCCC1. The summed E-state index contributed by atoms with van der Waals surface area (Å²) in [5.74, 6) is 0.982. The zero-order chi connectivity index (χ0) is 14.0. The zero-order valence-electron chi connectivity index (χ0n) is 13.0. The molecule has 1 atom stereocenters. The van der Waals surface area contributed by atoms with Crippen molar-refractivity contribution in [3.63, 3.8) is 0 Å². The van der Waals surface area contributed by atoms with Gasteiger partial charge in [-0.2, -0.15) is 0 Å². The van der Waals surface area contributed by atoms with Crippen LogP contribution in [0, 0.1) is 5.92 Å². The second kappa shape index (κ2) is 6.15. The first kappa shape index (κ1) is 15.3. The second-order valence-electron chi connectivity index (χ2n) is 7.33. The number of hydrogen-bond donors (Lipinski definition) is 0. The second-order valence-corrected chi connectivity index (χ2v) is 21.9. The molecule has 0 saturated carbocycles. The molecule has 0 aromatic carbocycles. The van der Waals surface area contributed by atoms with Gasteiger partial charge in [0.1, 0.15) is 0 Å². The summed E-state index contributed by atoms with van der Waals surface area (Å²) in [5.41, 5.74) is 3.12. The molecule has 106 valence electrons. The third-order valence-corrected chi connectivity index (χ3v) is 11.6. The molecule has 2 aliphatic rings. The molecule has 0 amide bonds. The van der Waals surface area contributed by atoms with Crippen LogP contribution in [0.15, 0.2) is 20.8 Å². The molecule has 2 aliphatic carbocycles. The van der Waals surface area contributed by atoms with E-state index >= 15 is 0 Å². The fourth-order valence-corrected chi connectivity index (χ4v) is 9.97. The zero-order valence-corrected chi connectivity index (χ0v) is 15.9. The van der Waals surface area contributed by atoms with Gasteiger partial charge in [0.05, 0.1) is 0 Å². The Bertz CT molecular complexity index is 423. The predicted octanol–water partition coefficient (Wildman–Crippen LogP) is 5.05. The molecule has 1 nitrogen and oxygen atoms in total. The maximum atomic E-state index is 11.5. The minimum absolute atomic E-state index is 0.335. The van der Waals surface area contributed by atoms with Gasteiger partial charge in [-0.25, -0.2) is 0 Å². The van der Waals surface area contributed by atoms with Crippen LogP contribution in [-0.2, 0) is 4.79 Å². The number of carbonyl (C=O) groups is 1. The summed E-state index contributed by atoms with van der Waals surface area (Å²) in [6, 6.07) is 0. The predicted molar refractivity (Wildman–Crippen MR) is 84.9 cm³/mol. The van der Waals surface area contributed by atoms with Crippen molar-refractivity contribution in [2.24, 2.45) is 5.92 Å². The average molecular weight is 367 g/mol. The van der Waals surface area contributed by atoms with Crippen LogP contribution in [0.2, 0.25) is 14.8 Å². The molecule has 2 rings (SSSR count). The van der Waals surface area contributed by atoms with Gasteiger partial charge in [0, 0.05) is 0 Å². The topological polar surface area (TPSA) is 17.1 Å². The summed E-state index contributed by atoms with van der Waals surface area (Å²) in [4.78, 5) is 19.1. The Morgan fingerprint density at radius 2 is 1.84 bits per heavy atom. The molecule has 1 unspecified atom stereocenters. The molecular weight excluding hydrogens is 339 g/mol. The van der Waals surface area contributed by atoms with E-state index in [1.54, 1.807) is 5.57 Å². The van der Waals surface area contributed by atoms with Crippen molar-refractivity contribution in [2.45, 2.75) is 66.7 Å². The molecule has 0 aliphatic heterocycles. The van der Waals surface area contributed by atoms with Gasteiger partial charge in [0.2, 0.25) is 0 Å². The van der Waals surface area contributed by atoms with Gasteiger partial charge in [0.15, 0.2) is 0 Å². The standard InChI is InChI=1S/C14H19O.3CH3.Sn/c1-11-9-14(15)8-7-13(11)10-12-5-3-2-4-6-12;;;;/h9,13H,2-5,7-8,10H2,1H3;3*1H3;. The molecule has 19 heavy (non-hydrogen) atoms. The maximum absolute atomic E-state index is 11.5. The molecule has 0 bridgehead atoms. The van der Waals surface area contributed by atoms with Crippen LogP contribution >= 0.6 is 0 Å². The van der Waals surface area contributed by atoms with E-state index in [4.69, 9.17) is 0 Å². The summed E-state index contributed by atoms with van der Waals surface area (Å²) in [7, 11) is 0. The van der Waals surface area contributed by atoms with Crippen LogP contribution in [0.1, 0.15) is 51.9 Å². The molecule has 2 heteroatoms. The number of carbonyl (C=O) groups excluding carboxylic acids is 1. The number of ketones is 1. The first-order valence-electron chi connectivity index (χ1n) is 7.80. The Balaban J connectivity index is 2.18. The van der Waals surface area contributed by atoms with Crippen molar-refractivity contribution >= 4 is 24.2 Å². The molecule has 0 heterocycles. The van der Waals surface area contributed by atoms with Crippen LogP contribution in [-0.4, -0.2) is 24.2 Å². The van der Waals surface area contributed by atoms with Crippen molar-refractivity contribution in [3.8, 4) is 0 Å². The van der Waals surface area contributed by atoms with Crippen LogP contribution in [0.4, 0.5) is 0 Å². The van der Waals surface area contributed by atoms with Gasteiger partial charge < -0.3 is 0 Å². The summed E-state index contributed by atoms with van der Waals surface area (Å²) in [6.07, 6.45) is 10.5. The first-order valence-corrected chi connectivity index (χ1v) is 17.8. The van der Waals surface area contributed by atoms with E-state index in [1.165, 1.54) is 37.7 Å². The molecule has 0 aromatic heterocycles. The summed E-state index contributed by atoms with van der Waals surface area (Å²) in [6.45, 7) is 2.16.